The largest absolute Gasteiger partial charge is 0.360 e. The van der Waals surface area contributed by atoms with Gasteiger partial charge in [-0.3, -0.25) is 9.59 Å². The molecule has 0 radical (unpaired) electrons. The summed E-state index contributed by atoms with van der Waals surface area (Å²) in [5.41, 5.74) is 1.91. The van der Waals surface area contributed by atoms with E-state index in [1.165, 1.54) is 6.42 Å². The molecule has 3 aromatic rings. The summed E-state index contributed by atoms with van der Waals surface area (Å²) in [7, 11) is 0. The lowest BCUT2D eigenvalue weighted by atomic mass is 10.1. The number of nitrogens with zero attached hydrogens (tertiary/aromatic N) is 2. The lowest BCUT2D eigenvalue weighted by molar-refractivity contribution is 0.0724. The summed E-state index contributed by atoms with van der Waals surface area (Å²) < 4.78 is 0. The molecule has 1 aliphatic rings. The van der Waals surface area contributed by atoms with E-state index in [1.807, 2.05) is 23.2 Å². The van der Waals surface area contributed by atoms with E-state index in [1.54, 1.807) is 30.5 Å². The second kappa shape index (κ2) is 7.00. The highest BCUT2D eigenvalue weighted by atomic mass is 16.2. The Morgan fingerprint density at radius 1 is 1.04 bits per heavy atom. The summed E-state index contributed by atoms with van der Waals surface area (Å²) in [5, 5.41) is 3.77. The van der Waals surface area contributed by atoms with Gasteiger partial charge in [0.2, 0.25) is 0 Å². The van der Waals surface area contributed by atoms with E-state index < -0.39 is 0 Å². The summed E-state index contributed by atoms with van der Waals surface area (Å²) in [5.74, 6) is 0.196. The highest BCUT2D eigenvalue weighted by Crippen LogP contribution is 2.17. The quantitative estimate of drug-likeness (QED) is 0.761. The number of H-pyrrole nitrogens is 1. The smallest absolute Gasteiger partial charge is 0.256 e. The minimum atomic E-state index is -0.277. The SMILES string of the molecule is O=C(Nc1cc2cc[nH]c2cn1)c1cccc(C(=O)N2CCCCC2)c1. The summed E-state index contributed by atoms with van der Waals surface area (Å²) in [6.07, 6.45) is 6.76. The van der Waals surface area contributed by atoms with Crippen LogP contribution in [-0.4, -0.2) is 39.8 Å². The molecule has 2 aromatic heterocycles. The Morgan fingerprint density at radius 2 is 1.85 bits per heavy atom. The van der Waals surface area contributed by atoms with Gasteiger partial charge in [0.1, 0.15) is 5.82 Å². The molecule has 0 bridgehead atoms. The topological polar surface area (TPSA) is 78.1 Å². The van der Waals surface area contributed by atoms with Crippen molar-refractivity contribution >= 4 is 28.5 Å². The Morgan fingerprint density at radius 3 is 2.69 bits per heavy atom. The number of rotatable bonds is 3. The molecule has 0 aliphatic carbocycles. The second-order valence-electron chi connectivity index (χ2n) is 6.52. The van der Waals surface area contributed by atoms with Gasteiger partial charge < -0.3 is 15.2 Å². The monoisotopic (exact) mass is 348 g/mol. The van der Waals surface area contributed by atoms with E-state index in [-0.39, 0.29) is 11.8 Å². The number of fused-ring (bicyclic) bond motifs is 1. The average molecular weight is 348 g/mol. The molecule has 6 heteroatoms. The number of amides is 2. The van der Waals surface area contributed by atoms with Crippen molar-refractivity contribution < 1.29 is 9.59 Å². The first-order chi connectivity index (χ1) is 12.7. The molecule has 26 heavy (non-hydrogen) atoms. The fourth-order valence-electron chi connectivity index (χ4n) is 3.28. The zero-order valence-electron chi connectivity index (χ0n) is 14.4. The van der Waals surface area contributed by atoms with Crippen LogP contribution in [0.25, 0.3) is 10.9 Å². The molecule has 4 rings (SSSR count). The maximum absolute atomic E-state index is 12.6. The molecule has 0 atom stereocenters. The van der Waals surface area contributed by atoms with Gasteiger partial charge in [-0.25, -0.2) is 4.98 Å². The average Bonchev–Trinajstić information content (AvgIpc) is 3.16. The van der Waals surface area contributed by atoms with Gasteiger partial charge in [0.15, 0.2) is 0 Å². The number of piperidine rings is 1. The first kappa shape index (κ1) is 16.3. The molecule has 1 aromatic carbocycles. The predicted octanol–water partition coefficient (Wildman–Crippen LogP) is 3.44. The summed E-state index contributed by atoms with van der Waals surface area (Å²) in [4.78, 5) is 34.3. The first-order valence-electron chi connectivity index (χ1n) is 8.84. The van der Waals surface area contributed by atoms with Gasteiger partial charge in [0.05, 0.1) is 11.7 Å². The number of hydrogen-bond acceptors (Lipinski definition) is 3. The van der Waals surface area contributed by atoms with Crippen molar-refractivity contribution in [2.24, 2.45) is 0 Å². The van der Waals surface area contributed by atoms with Gasteiger partial charge in [-0.05, 0) is 49.6 Å². The Balaban J connectivity index is 1.51. The molecule has 6 nitrogen and oxygen atoms in total. The fraction of sp³-hybridized carbons (Fsp3) is 0.250. The first-order valence-corrected chi connectivity index (χ1v) is 8.84. The third kappa shape index (κ3) is 3.31. The summed E-state index contributed by atoms with van der Waals surface area (Å²) in [6.45, 7) is 1.58. The van der Waals surface area contributed by atoms with E-state index >= 15 is 0 Å². The van der Waals surface area contributed by atoms with Crippen LogP contribution in [0.4, 0.5) is 5.82 Å². The van der Waals surface area contributed by atoms with Crippen molar-refractivity contribution in [1.29, 1.82) is 0 Å². The van der Waals surface area contributed by atoms with Crippen LogP contribution in [0, 0.1) is 0 Å². The number of benzene rings is 1. The van der Waals surface area contributed by atoms with Crippen LogP contribution in [0.5, 0.6) is 0 Å². The minimum Gasteiger partial charge on any atom is -0.360 e. The maximum atomic E-state index is 12.6. The van der Waals surface area contributed by atoms with Crippen LogP contribution in [0.15, 0.2) is 48.8 Å². The van der Waals surface area contributed by atoms with Crippen molar-refractivity contribution in [1.82, 2.24) is 14.9 Å². The predicted molar refractivity (Wildman–Crippen MR) is 100 cm³/mol. The van der Waals surface area contributed by atoms with Gasteiger partial charge in [0.25, 0.3) is 11.8 Å². The second-order valence-corrected chi connectivity index (χ2v) is 6.52. The molecule has 2 amide bonds. The van der Waals surface area contributed by atoms with Crippen LogP contribution in [-0.2, 0) is 0 Å². The number of pyridine rings is 1. The number of anilines is 1. The molecule has 0 unspecified atom stereocenters. The Bertz CT molecular complexity index is 957. The fourth-order valence-corrected chi connectivity index (χ4v) is 3.28. The van der Waals surface area contributed by atoms with Gasteiger partial charge in [-0.2, -0.15) is 0 Å². The van der Waals surface area contributed by atoms with Crippen LogP contribution in [0.3, 0.4) is 0 Å². The Labute approximate surface area is 151 Å². The molecular weight excluding hydrogens is 328 g/mol. The highest BCUT2D eigenvalue weighted by Gasteiger charge is 2.19. The standard InChI is InChI=1S/C20H20N4O2/c25-19(23-18-12-14-7-8-21-17(14)13-22-18)15-5-4-6-16(11-15)20(26)24-9-2-1-3-10-24/h4-8,11-13,21H,1-3,9-10H2,(H,22,23,25). The number of likely N-dealkylation sites (tertiary alicyclic amines) is 1. The van der Waals surface area contributed by atoms with Gasteiger partial charge in [-0.1, -0.05) is 6.07 Å². The molecule has 132 valence electrons. The molecule has 0 spiro atoms. The zero-order valence-corrected chi connectivity index (χ0v) is 14.4. The number of aromatic nitrogens is 2. The zero-order chi connectivity index (χ0) is 17.9. The number of hydrogen-bond donors (Lipinski definition) is 2. The lowest BCUT2D eigenvalue weighted by Gasteiger charge is -2.26. The minimum absolute atomic E-state index is 0.00813. The third-order valence-electron chi connectivity index (χ3n) is 4.69. The van der Waals surface area contributed by atoms with Crippen molar-refractivity contribution in [2.45, 2.75) is 19.3 Å². The van der Waals surface area contributed by atoms with E-state index in [0.29, 0.717) is 16.9 Å². The molecule has 1 saturated heterocycles. The van der Waals surface area contributed by atoms with Gasteiger partial charge in [-0.15, -0.1) is 0 Å². The normalized spacial score (nSPS) is 14.4. The molecule has 3 heterocycles. The maximum Gasteiger partial charge on any atom is 0.256 e. The van der Waals surface area contributed by atoms with Crippen molar-refractivity contribution in [3.63, 3.8) is 0 Å². The molecule has 1 fully saturated rings. The highest BCUT2D eigenvalue weighted by molar-refractivity contribution is 6.06. The van der Waals surface area contributed by atoms with Crippen LogP contribution >= 0.6 is 0 Å². The van der Waals surface area contributed by atoms with E-state index in [9.17, 15) is 9.59 Å². The molecular formula is C20H20N4O2. The lowest BCUT2D eigenvalue weighted by Crippen LogP contribution is -2.35. The van der Waals surface area contributed by atoms with E-state index in [0.717, 1.165) is 36.8 Å². The molecule has 1 aliphatic heterocycles. The van der Waals surface area contributed by atoms with Crippen LogP contribution in [0.1, 0.15) is 40.0 Å². The Kier molecular flexibility index (Phi) is 4.39. The van der Waals surface area contributed by atoms with Crippen molar-refractivity contribution in [3.05, 3.63) is 59.9 Å². The van der Waals surface area contributed by atoms with E-state index in [4.69, 9.17) is 0 Å². The third-order valence-corrected chi connectivity index (χ3v) is 4.69. The number of aromatic amines is 1. The number of carbonyl (C=O) groups is 2. The van der Waals surface area contributed by atoms with Gasteiger partial charge >= 0.3 is 0 Å². The van der Waals surface area contributed by atoms with Crippen LogP contribution in [0.2, 0.25) is 0 Å². The van der Waals surface area contributed by atoms with Gasteiger partial charge in [0, 0.05) is 35.8 Å². The van der Waals surface area contributed by atoms with E-state index in [2.05, 4.69) is 15.3 Å². The summed E-state index contributed by atoms with van der Waals surface area (Å²) in [6, 6.07) is 10.6. The Hall–Kier alpha value is -3.15. The molecule has 2 N–H and O–H groups in total. The summed E-state index contributed by atoms with van der Waals surface area (Å²) >= 11 is 0. The number of carbonyl (C=O) groups excluding carboxylic acids is 2. The van der Waals surface area contributed by atoms with Crippen LogP contribution < -0.4 is 5.32 Å². The van der Waals surface area contributed by atoms with Crippen molar-refractivity contribution in [3.8, 4) is 0 Å². The molecule has 0 saturated carbocycles. The number of nitrogens with one attached hydrogen (secondary N) is 2. The van der Waals surface area contributed by atoms with Crippen molar-refractivity contribution in [2.75, 3.05) is 18.4 Å².